The van der Waals surface area contributed by atoms with Gasteiger partial charge in [0.15, 0.2) is 0 Å². The summed E-state index contributed by atoms with van der Waals surface area (Å²) in [5.41, 5.74) is 6.52. The first-order valence-corrected chi connectivity index (χ1v) is 6.22. The molecule has 0 fully saturated rings. The van der Waals surface area contributed by atoms with Crippen molar-refractivity contribution in [2.45, 2.75) is 32.5 Å². The first-order chi connectivity index (χ1) is 7.45. The maximum absolute atomic E-state index is 5.67. The molecule has 16 heavy (non-hydrogen) atoms. The number of hydrogen-bond donors (Lipinski definition) is 1. The third kappa shape index (κ3) is 3.83. The van der Waals surface area contributed by atoms with E-state index in [-0.39, 0.29) is 5.54 Å². The smallest absolute Gasteiger partial charge is 0.107 e. The second-order valence-corrected chi connectivity index (χ2v) is 5.58. The van der Waals surface area contributed by atoms with Crippen molar-refractivity contribution in [3.63, 3.8) is 0 Å². The molecule has 0 radical (unpaired) electrons. The number of likely N-dealkylation sites (N-methyl/N-ethyl adjacent to an activating group) is 1. The molecule has 0 unspecified atom stereocenters. The summed E-state index contributed by atoms with van der Waals surface area (Å²) >= 11 is 1.59. The van der Waals surface area contributed by atoms with Crippen LogP contribution in [0.2, 0.25) is 0 Å². The molecule has 1 aromatic heterocycles. The minimum atomic E-state index is 0.0483. The highest BCUT2D eigenvalue weighted by Gasteiger charge is 2.20. The molecular weight excluding hydrogens is 222 g/mol. The average molecular weight is 243 g/mol. The molecule has 92 valence electrons. The zero-order valence-corrected chi connectivity index (χ0v) is 11.3. The van der Waals surface area contributed by atoms with E-state index in [0.717, 1.165) is 10.7 Å². The van der Waals surface area contributed by atoms with Crippen molar-refractivity contribution in [1.82, 2.24) is 9.88 Å². The summed E-state index contributed by atoms with van der Waals surface area (Å²) in [6.45, 7) is 6.07. The molecule has 0 aliphatic carbocycles. The maximum atomic E-state index is 5.67. The van der Waals surface area contributed by atoms with Crippen molar-refractivity contribution in [2.24, 2.45) is 5.73 Å². The molecule has 0 saturated heterocycles. The normalized spacial score (nSPS) is 12.4. The molecule has 0 atom stereocenters. The molecule has 0 aliphatic rings. The fraction of sp³-hybridized carbons (Fsp3) is 0.727. The molecule has 0 aliphatic heterocycles. The van der Waals surface area contributed by atoms with Crippen molar-refractivity contribution in [2.75, 3.05) is 20.7 Å². The van der Waals surface area contributed by atoms with Gasteiger partial charge in [0.2, 0.25) is 0 Å². The fourth-order valence-corrected chi connectivity index (χ4v) is 1.70. The first-order valence-electron chi connectivity index (χ1n) is 5.34. The third-order valence-electron chi connectivity index (χ3n) is 2.69. The van der Waals surface area contributed by atoms with E-state index in [1.165, 1.54) is 0 Å². The van der Waals surface area contributed by atoms with Gasteiger partial charge in [-0.2, -0.15) is 0 Å². The summed E-state index contributed by atoms with van der Waals surface area (Å²) in [6, 6.07) is 0. The van der Waals surface area contributed by atoms with Crippen molar-refractivity contribution in [1.29, 1.82) is 0 Å². The van der Waals surface area contributed by atoms with Gasteiger partial charge in [-0.15, -0.1) is 11.3 Å². The van der Waals surface area contributed by atoms with E-state index in [9.17, 15) is 0 Å². The summed E-state index contributed by atoms with van der Waals surface area (Å²) in [5.74, 6) is 0. The van der Waals surface area contributed by atoms with Gasteiger partial charge in [-0.05, 0) is 27.9 Å². The van der Waals surface area contributed by atoms with Crippen molar-refractivity contribution in [3.05, 3.63) is 16.1 Å². The van der Waals surface area contributed by atoms with Crippen LogP contribution in [0.5, 0.6) is 0 Å². The molecule has 1 aromatic rings. The van der Waals surface area contributed by atoms with E-state index >= 15 is 0 Å². The number of nitrogens with zero attached hydrogens (tertiary/aromatic N) is 2. The van der Waals surface area contributed by atoms with Crippen LogP contribution in [0.3, 0.4) is 0 Å². The van der Waals surface area contributed by atoms with Crippen LogP contribution < -0.4 is 5.73 Å². The number of ether oxygens (including phenoxy) is 1. The lowest BCUT2D eigenvalue weighted by molar-refractivity contribution is 0.0263. The van der Waals surface area contributed by atoms with Crippen LogP contribution in [0.4, 0.5) is 0 Å². The van der Waals surface area contributed by atoms with E-state index in [1.807, 2.05) is 5.38 Å². The van der Waals surface area contributed by atoms with Crippen molar-refractivity contribution >= 4 is 11.3 Å². The monoisotopic (exact) mass is 243 g/mol. The molecule has 1 rings (SSSR count). The van der Waals surface area contributed by atoms with Gasteiger partial charge in [0.05, 0.1) is 18.9 Å². The Morgan fingerprint density at radius 2 is 2.19 bits per heavy atom. The zero-order valence-electron chi connectivity index (χ0n) is 10.5. The number of hydrogen-bond acceptors (Lipinski definition) is 5. The van der Waals surface area contributed by atoms with Gasteiger partial charge >= 0.3 is 0 Å². The summed E-state index contributed by atoms with van der Waals surface area (Å²) < 4.78 is 5.67. The van der Waals surface area contributed by atoms with E-state index in [0.29, 0.717) is 19.8 Å². The molecule has 2 N–H and O–H groups in total. The van der Waals surface area contributed by atoms with E-state index in [4.69, 9.17) is 10.5 Å². The lowest BCUT2D eigenvalue weighted by Gasteiger charge is -2.31. The standard InChI is InChI=1S/C11H21N3OS/c1-11(2,14(3)4)8-15-6-9-7-16-10(5-12)13-9/h7H,5-6,8,12H2,1-4H3. The summed E-state index contributed by atoms with van der Waals surface area (Å²) in [4.78, 5) is 6.50. The maximum Gasteiger partial charge on any atom is 0.107 e. The Balaban J connectivity index is 2.35. The summed E-state index contributed by atoms with van der Waals surface area (Å²) in [6.07, 6.45) is 0. The Morgan fingerprint density at radius 1 is 1.50 bits per heavy atom. The quantitative estimate of drug-likeness (QED) is 0.822. The van der Waals surface area contributed by atoms with Crippen LogP contribution in [0.25, 0.3) is 0 Å². The summed E-state index contributed by atoms with van der Waals surface area (Å²) in [7, 11) is 4.11. The highest BCUT2D eigenvalue weighted by molar-refractivity contribution is 7.09. The lowest BCUT2D eigenvalue weighted by Crippen LogP contribution is -2.42. The Bertz CT molecular complexity index is 323. The number of aromatic nitrogens is 1. The predicted octanol–water partition coefficient (Wildman–Crippen LogP) is 1.46. The molecule has 4 nitrogen and oxygen atoms in total. The minimum absolute atomic E-state index is 0.0483. The van der Waals surface area contributed by atoms with E-state index in [1.54, 1.807) is 11.3 Å². The van der Waals surface area contributed by atoms with Crippen LogP contribution in [0, 0.1) is 0 Å². The molecular formula is C11H21N3OS. The molecule has 0 aromatic carbocycles. The van der Waals surface area contributed by atoms with Crippen LogP contribution >= 0.6 is 11.3 Å². The van der Waals surface area contributed by atoms with E-state index in [2.05, 4.69) is 37.8 Å². The lowest BCUT2D eigenvalue weighted by atomic mass is 10.1. The van der Waals surface area contributed by atoms with Crippen LogP contribution in [0.15, 0.2) is 5.38 Å². The Morgan fingerprint density at radius 3 is 2.69 bits per heavy atom. The fourth-order valence-electron chi connectivity index (χ4n) is 1.04. The molecule has 0 saturated carbocycles. The largest absolute Gasteiger partial charge is 0.373 e. The second kappa shape index (κ2) is 5.72. The highest BCUT2D eigenvalue weighted by Crippen LogP contribution is 2.13. The van der Waals surface area contributed by atoms with Gasteiger partial charge in [-0.3, -0.25) is 0 Å². The number of thiazole rings is 1. The summed E-state index contributed by atoms with van der Waals surface area (Å²) in [5, 5.41) is 2.97. The molecule has 0 amide bonds. The number of rotatable bonds is 6. The van der Waals surface area contributed by atoms with E-state index < -0.39 is 0 Å². The van der Waals surface area contributed by atoms with Gasteiger partial charge < -0.3 is 15.4 Å². The van der Waals surface area contributed by atoms with Crippen LogP contribution in [-0.4, -0.2) is 36.1 Å². The first kappa shape index (κ1) is 13.6. The molecule has 5 heteroatoms. The topological polar surface area (TPSA) is 51.4 Å². The Hall–Kier alpha value is -0.490. The van der Waals surface area contributed by atoms with Gasteiger partial charge in [-0.25, -0.2) is 4.98 Å². The third-order valence-corrected chi connectivity index (χ3v) is 3.61. The van der Waals surface area contributed by atoms with Gasteiger partial charge in [0, 0.05) is 17.5 Å². The Kier molecular flexibility index (Phi) is 4.86. The molecule has 0 bridgehead atoms. The number of nitrogens with two attached hydrogens (primary N) is 1. The molecule has 1 heterocycles. The Labute approximate surface area is 101 Å². The van der Waals surface area contributed by atoms with Gasteiger partial charge in [-0.1, -0.05) is 0 Å². The predicted molar refractivity (Wildman–Crippen MR) is 67.4 cm³/mol. The minimum Gasteiger partial charge on any atom is -0.373 e. The van der Waals surface area contributed by atoms with Gasteiger partial charge in [0.25, 0.3) is 0 Å². The highest BCUT2D eigenvalue weighted by atomic mass is 32.1. The molecule has 0 spiro atoms. The van der Waals surface area contributed by atoms with Gasteiger partial charge in [0.1, 0.15) is 5.01 Å². The average Bonchev–Trinajstić information content (AvgIpc) is 2.65. The SMILES string of the molecule is CN(C)C(C)(C)COCc1csc(CN)n1. The second-order valence-electron chi connectivity index (χ2n) is 4.64. The van der Waals surface area contributed by atoms with Crippen LogP contribution in [0.1, 0.15) is 24.5 Å². The van der Waals surface area contributed by atoms with Crippen molar-refractivity contribution in [3.8, 4) is 0 Å². The zero-order chi connectivity index (χ0) is 12.2. The van der Waals surface area contributed by atoms with Crippen LogP contribution in [-0.2, 0) is 17.9 Å². The van der Waals surface area contributed by atoms with Crippen molar-refractivity contribution < 1.29 is 4.74 Å².